The number of pyridine rings is 1. The molecule has 0 bridgehead atoms. The molecule has 0 aliphatic carbocycles. The second kappa shape index (κ2) is 12.2. The first kappa shape index (κ1) is 26.6. The fraction of sp³-hybridized carbons (Fsp3) is 0.429. The van der Waals surface area contributed by atoms with Gasteiger partial charge >= 0.3 is 5.97 Å². The van der Waals surface area contributed by atoms with Crippen LogP contribution in [0.4, 0.5) is 4.39 Å². The monoisotopic (exact) mass is 532 g/mol. The lowest BCUT2D eigenvalue weighted by atomic mass is 9.81. The second-order valence-corrected chi connectivity index (χ2v) is 10.2. The van der Waals surface area contributed by atoms with Gasteiger partial charge in [-0.1, -0.05) is 35.3 Å². The van der Waals surface area contributed by atoms with E-state index in [4.69, 9.17) is 27.9 Å². The van der Waals surface area contributed by atoms with Crippen LogP contribution in [0.2, 0.25) is 10.0 Å². The van der Waals surface area contributed by atoms with E-state index in [1.807, 2.05) is 18.2 Å². The first-order chi connectivity index (χ1) is 17.4. The molecular weight excluding hydrogens is 502 g/mol. The molecule has 1 fully saturated rings. The zero-order valence-electron chi connectivity index (χ0n) is 20.3. The molecule has 1 aliphatic rings. The van der Waals surface area contributed by atoms with Crippen molar-refractivity contribution in [1.82, 2.24) is 9.88 Å². The molecule has 2 aromatic carbocycles. The van der Waals surface area contributed by atoms with Crippen molar-refractivity contribution in [2.45, 2.75) is 38.3 Å². The van der Waals surface area contributed by atoms with E-state index in [0.717, 1.165) is 43.3 Å². The van der Waals surface area contributed by atoms with E-state index in [1.165, 1.54) is 0 Å². The van der Waals surface area contributed by atoms with Gasteiger partial charge in [-0.2, -0.15) is 0 Å². The van der Waals surface area contributed by atoms with Crippen molar-refractivity contribution in [2.75, 3.05) is 26.7 Å². The van der Waals surface area contributed by atoms with E-state index in [1.54, 1.807) is 37.6 Å². The first-order valence-corrected chi connectivity index (χ1v) is 13.1. The van der Waals surface area contributed by atoms with Crippen LogP contribution in [0.15, 0.2) is 48.7 Å². The van der Waals surface area contributed by atoms with Gasteiger partial charge in [0, 0.05) is 18.1 Å². The molecule has 192 valence electrons. The van der Waals surface area contributed by atoms with Gasteiger partial charge in [0.15, 0.2) is 0 Å². The number of aromatic nitrogens is 1. The maximum Gasteiger partial charge on any atom is 0.308 e. The molecule has 5 nitrogen and oxygen atoms in total. The summed E-state index contributed by atoms with van der Waals surface area (Å²) in [7, 11) is 1.58. The van der Waals surface area contributed by atoms with E-state index < -0.39 is 18.1 Å². The second-order valence-electron chi connectivity index (χ2n) is 9.44. The van der Waals surface area contributed by atoms with Crippen molar-refractivity contribution < 1.29 is 19.0 Å². The predicted molar refractivity (Wildman–Crippen MR) is 142 cm³/mol. The third kappa shape index (κ3) is 6.28. The topological polar surface area (TPSA) is 62.7 Å². The molecule has 1 unspecified atom stereocenters. The van der Waals surface area contributed by atoms with E-state index in [-0.39, 0.29) is 12.3 Å². The first-order valence-electron chi connectivity index (χ1n) is 12.3. The summed E-state index contributed by atoms with van der Waals surface area (Å²) in [5.74, 6) is -0.714. The largest absolute Gasteiger partial charge is 0.497 e. The Kier molecular flexibility index (Phi) is 9.04. The van der Waals surface area contributed by atoms with Crippen LogP contribution in [0.1, 0.15) is 43.0 Å². The van der Waals surface area contributed by atoms with Crippen LogP contribution in [0, 0.1) is 11.8 Å². The Morgan fingerprint density at radius 2 is 2.11 bits per heavy atom. The van der Waals surface area contributed by atoms with Crippen LogP contribution in [-0.4, -0.2) is 47.7 Å². The molecular formula is C28H31Cl2FN2O3. The van der Waals surface area contributed by atoms with E-state index in [2.05, 4.69) is 9.88 Å². The Hall–Kier alpha value is -2.41. The van der Waals surface area contributed by atoms with Crippen LogP contribution in [0.3, 0.4) is 0 Å². The minimum atomic E-state index is -1.20. The number of alkyl halides is 1. The summed E-state index contributed by atoms with van der Waals surface area (Å²) in [5, 5.41) is 11.8. The number of benzene rings is 2. The van der Waals surface area contributed by atoms with E-state index >= 15 is 4.39 Å². The molecule has 1 saturated heterocycles. The van der Waals surface area contributed by atoms with Crippen molar-refractivity contribution in [2.24, 2.45) is 11.8 Å². The van der Waals surface area contributed by atoms with Gasteiger partial charge in [0.25, 0.3) is 0 Å². The van der Waals surface area contributed by atoms with Gasteiger partial charge in [-0.05, 0) is 92.6 Å². The molecule has 0 saturated carbocycles. The van der Waals surface area contributed by atoms with Crippen molar-refractivity contribution in [3.8, 4) is 5.75 Å². The number of carboxylic acid groups (broad SMARTS) is 1. The van der Waals surface area contributed by atoms with Crippen LogP contribution < -0.4 is 4.74 Å². The van der Waals surface area contributed by atoms with Crippen LogP contribution in [-0.2, 0) is 11.2 Å². The average molecular weight is 533 g/mol. The highest BCUT2D eigenvalue weighted by Gasteiger charge is 2.34. The lowest BCUT2D eigenvalue weighted by molar-refractivity contribution is -0.146. The maximum absolute atomic E-state index is 15.4. The van der Waals surface area contributed by atoms with Crippen LogP contribution in [0.25, 0.3) is 10.9 Å². The van der Waals surface area contributed by atoms with Crippen LogP contribution >= 0.6 is 23.2 Å². The summed E-state index contributed by atoms with van der Waals surface area (Å²) in [6.07, 6.45) is 3.61. The molecule has 4 rings (SSSR count). The number of nitrogens with zero attached hydrogens (tertiary/aromatic N) is 2. The number of aryl methyl sites for hydroxylation is 1. The zero-order chi connectivity index (χ0) is 25.7. The maximum atomic E-state index is 15.4. The number of rotatable bonds is 10. The molecule has 2 heterocycles. The quantitative estimate of drug-likeness (QED) is 0.304. The molecule has 1 aliphatic heterocycles. The zero-order valence-corrected chi connectivity index (χ0v) is 21.8. The standard InChI is InChI=1S/C28H31Cl2FN2O3/c1-36-20-8-10-26-22(16-20)21(11-13-32-26)25(31)9-7-18-12-15-33(17-23(18)28(34)35)14-3-5-19-4-2-6-24(29)27(19)30/h2,4,6,8,10-11,13,16,18,23,25H,3,5,7,9,12,14-15,17H2,1H3,(H,34,35)/t18-,23+,25?/m1/s1. The Balaban J connectivity index is 1.33. The Labute approximate surface area is 221 Å². The molecule has 0 spiro atoms. The molecule has 1 aromatic heterocycles. The number of hydrogen-bond donors (Lipinski definition) is 1. The number of fused-ring (bicyclic) bond motifs is 1. The minimum absolute atomic E-state index is 0.0537. The summed E-state index contributed by atoms with van der Waals surface area (Å²) in [6.45, 7) is 2.08. The molecule has 1 N–H and O–H groups in total. The molecule has 0 amide bonds. The smallest absolute Gasteiger partial charge is 0.308 e. The number of carbonyl (C=O) groups is 1. The van der Waals surface area contributed by atoms with Gasteiger partial charge in [0.05, 0.1) is 28.6 Å². The average Bonchev–Trinajstić information content (AvgIpc) is 2.89. The number of carboxylic acids is 1. The normalized spacial score (nSPS) is 19.3. The fourth-order valence-electron chi connectivity index (χ4n) is 5.19. The lowest BCUT2D eigenvalue weighted by Crippen LogP contribution is -2.44. The lowest BCUT2D eigenvalue weighted by Gasteiger charge is -2.37. The number of ether oxygens (including phenoxy) is 1. The molecule has 0 radical (unpaired) electrons. The van der Waals surface area contributed by atoms with Gasteiger partial charge in [-0.3, -0.25) is 9.78 Å². The van der Waals surface area contributed by atoms with E-state index in [9.17, 15) is 9.90 Å². The number of likely N-dealkylation sites (tertiary alicyclic amines) is 1. The summed E-state index contributed by atoms with van der Waals surface area (Å²) < 4.78 is 20.7. The number of aliphatic carboxylic acids is 1. The van der Waals surface area contributed by atoms with Gasteiger partial charge in [-0.15, -0.1) is 0 Å². The summed E-state index contributed by atoms with van der Waals surface area (Å²) in [5.41, 5.74) is 2.29. The van der Waals surface area contributed by atoms with Crippen LogP contribution in [0.5, 0.6) is 5.75 Å². The molecule has 8 heteroatoms. The van der Waals surface area contributed by atoms with Gasteiger partial charge in [0.1, 0.15) is 11.9 Å². The SMILES string of the molecule is COc1ccc2nccc(C(F)CC[C@@H]3CCN(CCCc4cccc(Cl)c4Cl)C[C@@H]3C(=O)O)c2c1. The Bertz CT molecular complexity index is 1210. The van der Waals surface area contributed by atoms with Crippen molar-refractivity contribution in [3.63, 3.8) is 0 Å². The number of hydrogen-bond acceptors (Lipinski definition) is 4. The molecule has 36 heavy (non-hydrogen) atoms. The Morgan fingerprint density at radius 1 is 1.28 bits per heavy atom. The highest BCUT2D eigenvalue weighted by Crippen LogP contribution is 2.35. The molecule has 3 aromatic rings. The number of piperidine rings is 1. The Morgan fingerprint density at radius 3 is 2.89 bits per heavy atom. The molecule has 3 atom stereocenters. The highest BCUT2D eigenvalue weighted by molar-refractivity contribution is 6.42. The summed E-state index contributed by atoms with van der Waals surface area (Å²) in [4.78, 5) is 18.6. The van der Waals surface area contributed by atoms with Crippen molar-refractivity contribution in [1.29, 1.82) is 0 Å². The van der Waals surface area contributed by atoms with Crippen molar-refractivity contribution in [3.05, 3.63) is 69.8 Å². The fourth-order valence-corrected chi connectivity index (χ4v) is 5.61. The predicted octanol–water partition coefficient (Wildman–Crippen LogP) is 7.00. The third-order valence-electron chi connectivity index (χ3n) is 7.22. The van der Waals surface area contributed by atoms with Gasteiger partial charge in [0.2, 0.25) is 0 Å². The van der Waals surface area contributed by atoms with Crippen molar-refractivity contribution >= 4 is 40.1 Å². The third-order valence-corrected chi connectivity index (χ3v) is 8.08. The highest BCUT2D eigenvalue weighted by atomic mass is 35.5. The minimum Gasteiger partial charge on any atom is -0.497 e. The van der Waals surface area contributed by atoms with Gasteiger partial charge in [-0.25, -0.2) is 4.39 Å². The van der Waals surface area contributed by atoms with E-state index in [0.29, 0.717) is 39.8 Å². The summed E-state index contributed by atoms with van der Waals surface area (Å²) >= 11 is 12.4. The number of halogens is 3. The summed E-state index contributed by atoms with van der Waals surface area (Å²) in [6, 6.07) is 12.8. The van der Waals surface area contributed by atoms with Gasteiger partial charge < -0.3 is 14.7 Å². The number of methoxy groups -OCH3 is 1.